The molecule has 8 nitrogen and oxygen atoms in total. The molecule has 0 radical (unpaired) electrons. The quantitative estimate of drug-likeness (QED) is 0.282. The number of carbonyl (C=O) groups excluding carboxylic acids is 1. The molecule has 43 heavy (non-hydrogen) atoms. The summed E-state index contributed by atoms with van der Waals surface area (Å²) in [5.41, 5.74) is 1.05. The van der Waals surface area contributed by atoms with Gasteiger partial charge in [-0.25, -0.2) is 9.97 Å². The van der Waals surface area contributed by atoms with Crippen LogP contribution in [0.2, 0.25) is 0 Å². The lowest BCUT2D eigenvalue weighted by molar-refractivity contribution is -0.137. The van der Waals surface area contributed by atoms with Crippen LogP contribution in [0.5, 0.6) is 5.88 Å². The van der Waals surface area contributed by atoms with Crippen molar-refractivity contribution in [3.8, 4) is 5.88 Å². The summed E-state index contributed by atoms with van der Waals surface area (Å²) in [5.74, 6) is 0.788. The van der Waals surface area contributed by atoms with Crippen LogP contribution in [0.15, 0.2) is 54.9 Å². The molecule has 2 aromatic heterocycles. The monoisotopic (exact) mass is 596 g/mol. The molecule has 230 valence electrons. The maximum absolute atomic E-state index is 13.8. The normalized spacial score (nSPS) is 17.8. The second-order valence-electron chi connectivity index (χ2n) is 11.5. The Balaban J connectivity index is 1.27. The van der Waals surface area contributed by atoms with E-state index in [4.69, 9.17) is 4.74 Å². The van der Waals surface area contributed by atoms with Gasteiger partial charge < -0.3 is 25.6 Å². The molecule has 3 aromatic rings. The van der Waals surface area contributed by atoms with Crippen LogP contribution < -0.4 is 20.7 Å². The van der Waals surface area contributed by atoms with Gasteiger partial charge in [0.05, 0.1) is 11.1 Å². The van der Waals surface area contributed by atoms with Gasteiger partial charge >= 0.3 is 6.18 Å². The first-order chi connectivity index (χ1) is 20.7. The molecule has 3 N–H and O–H groups in total. The third-order valence-electron chi connectivity index (χ3n) is 8.40. The van der Waals surface area contributed by atoms with Gasteiger partial charge in [0.1, 0.15) is 11.9 Å². The van der Waals surface area contributed by atoms with Crippen LogP contribution in [-0.2, 0) is 12.7 Å². The number of anilines is 2. The van der Waals surface area contributed by atoms with Crippen molar-refractivity contribution in [2.45, 2.75) is 57.3 Å². The molecule has 1 atom stereocenters. The largest absolute Gasteiger partial charge is 0.474 e. The van der Waals surface area contributed by atoms with Gasteiger partial charge in [-0.1, -0.05) is 0 Å². The van der Waals surface area contributed by atoms with Crippen LogP contribution in [0.4, 0.5) is 24.7 Å². The number of amides is 1. The summed E-state index contributed by atoms with van der Waals surface area (Å²) < 4.78 is 47.5. The Morgan fingerprint density at radius 2 is 1.84 bits per heavy atom. The molecule has 4 heterocycles. The van der Waals surface area contributed by atoms with Gasteiger partial charge in [0, 0.05) is 30.7 Å². The number of nitrogens with one attached hydrogen (secondary N) is 3. The molecule has 2 aliphatic rings. The summed E-state index contributed by atoms with van der Waals surface area (Å²) in [7, 11) is 2.01. The zero-order valence-electron chi connectivity index (χ0n) is 24.6. The number of piperidine rings is 2. The van der Waals surface area contributed by atoms with Gasteiger partial charge in [-0.2, -0.15) is 13.2 Å². The lowest BCUT2D eigenvalue weighted by Gasteiger charge is -2.29. The number of alkyl halides is 3. The number of benzene rings is 1. The molecule has 0 aliphatic carbocycles. The molecule has 1 unspecified atom stereocenters. The number of halogens is 3. The average molecular weight is 597 g/mol. The van der Waals surface area contributed by atoms with Crippen molar-refractivity contribution in [2.24, 2.45) is 5.92 Å². The van der Waals surface area contributed by atoms with Gasteiger partial charge in [-0.3, -0.25) is 4.79 Å². The molecule has 2 fully saturated rings. The Morgan fingerprint density at radius 3 is 2.58 bits per heavy atom. The van der Waals surface area contributed by atoms with Crippen LogP contribution >= 0.6 is 0 Å². The predicted molar refractivity (Wildman–Crippen MR) is 160 cm³/mol. The van der Waals surface area contributed by atoms with E-state index in [-0.39, 0.29) is 23.3 Å². The third kappa shape index (κ3) is 8.23. The summed E-state index contributed by atoms with van der Waals surface area (Å²) in [6.45, 7) is 6.03. The van der Waals surface area contributed by atoms with E-state index < -0.39 is 17.6 Å². The molecule has 0 spiro atoms. The highest BCUT2D eigenvalue weighted by Gasteiger charge is 2.32. The molecule has 2 aliphatic heterocycles. The summed E-state index contributed by atoms with van der Waals surface area (Å²) >= 11 is 0. The average Bonchev–Trinajstić information content (AvgIpc) is 3.00. The predicted octanol–water partition coefficient (Wildman–Crippen LogP) is 5.94. The molecule has 5 rings (SSSR count). The molecule has 0 bridgehead atoms. The Bertz CT molecular complexity index is 1390. The number of pyridine rings is 2. The minimum absolute atomic E-state index is 0.00154. The van der Waals surface area contributed by atoms with Crippen molar-refractivity contribution in [2.75, 3.05) is 43.9 Å². The van der Waals surface area contributed by atoms with Crippen LogP contribution in [0.3, 0.4) is 0 Å². The second kappa shape index (κ2) is 13.7. The number of hydrogen-bond donors (Lipinski definition) is 3. The van der Waals surface area contributed by atoms with E-state index >= 15 is 0 Å². The number of hydrogen-bond acceptors (Lipinski definition) is 7. The molecule has 0 saturated carbocycles. The molecular weight excluding hydrogens is 557 g/mol. The maximum Gasteiger partial charge on any atom is 0.416 e. The number of likely N-dealkylation sites (tertiary alicyclic amines) is 1. The number of aromatic nitrogens is 2. The minimum Gasteiger partial charge on any atom is -0.474 e. The zero-order valence-corrected chi connectivity index (χ0v) is 24.6. The fourth-order valence-electron chi connectivity index (χ4n) is 5.80. The highest BCUT2D eigenvalue weighted by atomic mass is 19.4. The van der Waals surface area contributed by atoms with Gasteiger partial charge in [-0.15, -0.1) is 0 Å². The first-order valence-electron chi connectivity index (χ1n) is 14.9. The molecule has 11 heteroatoms. The summed E-state index contributed by atoms with van der Waals surface area (Å²) in [4.78, 5) is 24.2. The van der Waals surface area contributed by atoms with Crippen LogP contribution in [-0.4, -0.2) is 60.1 Å². The van der Waals surface area contributed by atoms with Crippen molar-refractivity contribution in [1.82, 2.24) is 20.2 Å². The molecule has 1 aromatic carbocycles. The van der Waals surface area contributed by atoms with Crippen molar-refractivity contribution in [3.63, 3.8) is 0 Å². The zero-order chi connectivity index (χ0) is 30.4. The van der Waals surface area contributed by atoms with Crippen molar-refractivity contribution in [3.05, 3.63) is 77.1 Å². The van der Waals surface area contributed by atoms with E-state index in [1.54, 1.807) is 30.6 Å². The number of carbonyl (C=O) groups is 1. The standard InChI is InChI=1S/C32H39F3N6O2/c1-21(23-6-11-36-12-7-23)43-29-16-22(5-13-37-29)20-39-30-28(4-3-10-38-30)31(42)40-27-18-25(17-26(19-27)32(33,34)35)24-8-14-41(2)15-9-24/h3-5,10,13,16-19,21,23-24,36H,6-9,11-12,14-15,20H2,1-2H3,(H,38,39)(H,40,42). The van der Waals surface area contributed by atoms with Crippen LogP contribution in [0.25, 0.3) is 0 Å². The fourth-order valence-corrected chi connectivity index (χ4v) is 5.80. The minimum atomic E-state index is -4.53. The number of nitrogens with zero attached hydrogens (tertiary/aromatic N) is 3. The molecule has 2 saturated heterocycles. The lowest BCUT2D eigenvalue weighted by atomic mass is 9.88. The number of rotatable bonds is 9. The summed E-state index contributed by atoms with van der Waals surface area (Å²) in [5, 5.41) is 9.26. The van der Waals surface area contributed by atoms with Gasteiger partial charge in [-0.05, 0) is 125 Å². The Hall–Kier alpha value is -3.70. The van der Waals surface area contributed by atoms with Gasteiger partial charge in [0.2, 0.25) is 5.88 Å². The maximum atomic E-state index is 13.8. The van der Waals surface area contributed by atoms with Crippen LogP contribution in [0.1, 0.15) is 65.6 Å². The molecule has 1 amide bonds. The highest BCUT2D eigenvalue weighted by Crippen LogP contribution is 2.36. The van der Waals surface area contributed by atoms with E-state index in [9.17, 15) is 18.0 Å². The van der Waals surface area contributed by atoms with Crippen molar-refractivity contribution < 1.29 is 22.7 Å². The SMILES string of the molecule is CC(Oc1cc(CNc2ncccc2C(=O)Nc2cc(C3CCN(C)CC3)cc(C(F)(F)F)c2)ccn1)C1CCNCC1. The first kappa shape index (κ1) is 30.7. The Labute approximate surface area is 250 Å². The summed E-state index contributed by atoms with van der Waals surface area (Å²) in [6.07, 6.45) is 2.41. The first-order valence-corrected chi connectivity index (χ1v) is 14.9. The summed E-state index contributed by atoms with van der Waals surface area (Å²) in [6, 6.07) is 10.8. The highest BCUT2D eigenvalue weighted by molar-refractivity contribution is 6.07. The van der Waals surface area contributed by atoms with Crippen molar-refractivity contribution >= 4 is 17.4 Å². The third-order valence-corrected chi connectivity index (χ3v) is 8.40. The van der Waals surface area contributed by atoms with Gasteiger partial charge in [0.25, 0.3) is 5.91 Å². The van der Waals surface area contributed by atoms with E-state index in [0.29, 0.717) is 29.7 Å². The van der Waals surface area contributed by atoms with E-state index in [1.807, 2.05) is 19.2 Å². The fraction of sp³-hybridized carbons (Fsp3) is 0.469. The second-order valence-corrected chi connectivity index (χ2v) is 11.5. The number of ether oxygens (including phenoxy) is 1. The topological polar surface area (TPSA) is 91.4 Å². The molecular formula is C32H39F3N6O2. The lowest BCUT2D eigenvalue weighted by Crippen LogP contribution is -2.35. The van der Waals surface area contributed by atoms with E-state index in [0.717, 1.165) is 63.5 Å². The Morgan fingerprint density at radius 1 is 1.07 bits per heavy atom. The smallest absolute Gasteiger partial charge is 0.416 e. The Kier molecular flexibility index (Phi) is 9.82. The van der Waals surface area contributed by atoms with Crippen LogP contribution in [0, 0.1) is 5.92 Å². The van der Waals surface area contributed by atoms with Gasteiger partial charge in [0.15, 0.2) is 0 Å². The van der Waals surface area contributed by atoms with Crippen molar-refractivity contribution in [1.29, 1.82) is 0 Å². The van der Waals surface area contributed by atoms with E-state index in [1.165, 1.54) is 6.07 Å². The van der Waals surface area contributed by atoms with E-state index in [2.05, 4.69) is 37.7 Å².